The van der Waals surface area contributed by atoms with Crippen LogP contribution in [0.3, 0.4) is 0 Å². The summed E-state index contributed by atoms with van der Waals surface area (Å²) in [6.07, 6.45) is 3.18. The number of ether oxygens (including phenoxy) is 4. The van der Waals surface area contributed by atoms with Gasteiger partial charge in [0.2, 0.25) is 0 Å². The summed E-state index contributed by atoms with van der Waals surface area (Å²) in [4.78, 5) is 25.1. The van der Waals surface area contributed by atoms with E-state index in [1.165, 1.54) is 0 Å². The molecule has 0 spiro atoms. The maximum absolute atomic E-state index is 12.0. The Labute approximate surface area is 186 Å². The van der Waals surface area contributed by atoms with Crippen LogP contribution < -0.4 is 4.74 Å². The fraction of sp³-hybridized carbons (Fsp3) is 0.619. The van der Waals surface area contributed by atoms with E-state index in [1.54, 1.807) is 26.5 Å². The van der Waals surface area contributed by atoms with Crippen LogP contribution in [0.2, 0.25) is 0 Å². The molecule has 0 aliphatic carbocycles. The Hall–Kier alpha value is -1.42. The molecule has 0 amide bonds. The summed E-state index contributed by atoms with van der Waals surface area (Å²) >= 11 is 0. The van der Waals surface area contributed by atoms with Gasteiger partial charge in [0.25, 0.3) is 0 Å². The topological polar surface area (TPSA) is 74.3 Å². The second-order valence-corrected chi connectivity index (χ2v) is 9.76. The molecule has 0 radical (unpaired) electrons. The van der Waals surface area contributed by atoms with Gasteiger partial charge >= 0.3 is 11.9 Å². The predicted octanol–water partition coefficient (Wildman–Crippen LogP) is 3.16. The zero-order valence-electron chi connectivity index (χ0n) is 17.7. The third kappa shape index (κ3) is 11.1. The number of carbonyl (C=O) groups excluding carboxylic acids is 2. The number of hydrogen-bond acceptors (Lipinski definition) is 9. The van der Waals surface area contributed by atoms with Gasteiger partial charge in [-0.05, 0) is 44.6 Å². The first-order chi connectivity index (χ1) is 14.5. The second kappa shape index (κ2) is 14.6. The maximum atomic E-state index is 12.0. The summed E-state index contributed by atoms with van der Waals surface area (Å²) in [5.74, 6) is 1.68. The van der Waals surface area contributed by atoms with Gasteiger partial charge in [-0.1, -0.05) is 33.7 Å². The number of benzene rings is 1. The number of rotatable bonds is 13. The van der Waals surface area contributed by atoms with Crippen LogP contribution in [-0.2, 0) is 30.2 Å². The molecule has 1 aliphatic heterocycles. The van der Waals surface area contributed by atoms with Gasteiger partial charge in [0.05, 0.1) is 19.6 Å². The molecule has 7 nitrogen and oxygen atoms in total. The molecule has 168 valence electrons. The Kier molecular flexibility index (Phi) is 12.1. The Morgan fingerprint density at radius 2 is 1.70 bits per heavy atom. The Bertz CT molecular complexity index is 635. The highest BCUT2D eigenvalue weighted by molar-refractivity contribution is 8.76. The van der Waals surface area contributed by atoms with E-state index in [4.69, 9.17) is 18.9 Å². The molecule has 1 fully saturated rings. The summed E-state index contributed by atoms with van der Waals surface area (Å²) in [5, 5.41) is 0. The van der Waals surface area contributed by atoms with E-state index >= 15 is 0 Å². The average molecular weight is 458 g/mol. The van der Waals surface area contributed by atoms with Crippen molar-refractivity contribution in [3.05, 3.63) is 29.8 Å². The number of likely N-dealkylation sites (N-methyl/N-ethyl adjacent to an activating group) is 1. The average Bonchev–Trinajstić information content (AvgIpc) is 2.71. The molecule has 1 atom stereocenters. The monoisotopic (exact) mass is 457 g/mol. The molecular formula is C21H31NO6S2. The molecule has 2 rings (SSSR count). The molecule has 1 saturated heterocycles. The first kappa shape index (κ1) is 24.8. The van der Waals surface area contributed by atoms with Gasteiger partial charge < -0.3 is 18.9 Å². The quantitative estimate of drug-likeness (QED) is 0.252. The molecule has 1 aromatic rings. The van der Waals surface area contributed by atoms with Crippen LogP contribution in [0.4, 0.5) is 0 Å². The van der Waals surface area contributed by atoms with E-state index in [0.717, 1.165) is 37.2 Å². The molecule has 0 saturated carbocycles. The lowest BCUT2D eigenvalue weighted by atomic mass is 10.1. The zero-order chi connectivity index (χ0) is 21.6. The number of carbonyl (C=O) groups is 2. The van der Waals surface area contributed by atoms with Gasteiger partial charge in [-0.2, -0.15) is 0 Å². The Morgan fingerprint density at radius 3 is 2.30 bits per heavy atom. The lowest BCUT2D eigenvalue weighted by Gasteiger charge is -2.23. The van der Waals surface area contributed by atoms with Crippen LogP contribution >= 0.6 is 21.6 Å². The number of esters is 2. The predicted molar refractivity (Wildman–Crippen MR) is 120 cm³/mol. The first-order valence-corrected chi connectivity index (χ1v) is 12.6. The van der Waals surface area contributed by atoms with Crippen LogP contribution in [0, 0.1) is 0 Å². The van der Waals surface area contributed by atoms with Crippen LogP contribution in [0.5, 0.6) is 5.75 Å². The lowest BCUT2D eigenvalue weighted by Crippen LogP contribution is -2.24. The third-order valence-corrected chi connectivity index (χ3v) is 6.40. The summed E-state index contributed by atoms with van der Waals surface area (Å²) in [6, 6.07) is 7.47. The lowest BCUT2D eigenvalue weighted by molar-refractivity contribution is -0.144. The SMILES string of the molecule is CN(C)CC(=O)OCCSSCCOC(=O)Cc1ccc(OC2CCCCO2)cc1. The molecule has 9 heteroatoms. The van der Waals surface area contributed by atoms with Crippen molar-refractivity contribution in [1.82, 2.24) is 4.90 Å². The highest BCUT2D eigenvalue weighted by Crippen LogP contribution is 2.21. The normalized spacial score (nSPS) is 16.3. The molecule has 1 aliphatic rings. The highest BCUT2D eigenvalue weighted by Gasteiger charge is 2.15. The number of nitrogens with zero attached hydrogens (tertiary/aromatic N) is 1. The van der Waals surface area contributed by atoms with Gasteiger partial charge in [0, 0.05) is 17.9 Å². The third-order valence-electron chi connectivity index (χ3n) is 4.07. The van der Waals surface area contributed by atoms with E-state index in [1.807, 2.05) is 38.4 Å². The van der Waals surface area contributed by atoms with Gasteiger partial charge in [-0.3, -0.25) is 14.5 Å². The fourth-order valence-electron chi connectivity index (χ4n) is 2.66. The molecule has 1 aromatic carbocycles. The minimum absolute atomic E-state index is 0.171. The Balaban J connectivity index is 1.50. The van der Waals surface area contributed by atoms with Crippen LogP contribution in [0.1, 0.15) is 24.8 Å². The van der Waals surface area contributed by atoms with Crippen molar-refractivity contribution in [1.29, 1.82) is 0 Å². The van der Waals surface area contributed by atoms with Gasteiger partial charge in [-0.15, -0.1) is 0 Å². The van der Waals surface area contributed by atoms with Gasteiger partial charge in [0.15, 0.2) is 6.29 Å². The highest BCUT2D eigenvalue weighted by atomic mass is 33.1. The molecule has 1 unspecified atom stereocenters. The van der Waals surface area contributed by atoms with Crippen molar-refractivity contribution in [3.63, 3.8) is 0 Å². The van der Waals surface area contributed by atoms with Crippen molar-refractivity contribution in [2.45, 2.75) is 32.0 Å². The standard InChI is InChI=1S/C21H31NO6S2/c1-22(2)16-20(24)26-12-14-30-29-13-11-25-19(23)15-17-6-8-18(9-7-17)28-21-5-3-4-10-27-21/h6-9,21H,3-5,10-16H2,1-2H3. The van der Waals surface area contributed by atoms with Crippen molar-refractivity contribution in [2.75, 3.05) is 52.0 Å². The molecule has 0 aromatic heterocycles. The summed E-state index contributed by atoms with van der Waals surface area (Å²) in [7, 11) is 6.84. The van der Waals surface area contributed by atoms with Gasteiger partial charge in [-0.25, -0.2) is 0 Å². The minimum atomic E-state index is -0.248. The van der Waals surface area contributed by atoms with Crippen LogP contribution in [0.25, 0.3) is 0 Å². The largest absolute Gasteiger partial charge is 0.465 e. The minimum Gasteiger partial charge on any atom is -0.465 e. The summed E-state index contributed by atoms with van der Waals surface area (Å²) in [6.45, 7) is 1.78. The molecule has 1 heterocycles. The summed E-state index contributed by atoms with van der Waals surface area (Å²) in [5.41, 5.74) is 0.887. The van der Waals surface area contributed by atoms with Crippen molar-refractivity contribution in [3.8, 4) is 5.75 Å². The van der Waals surface area contributed by atoms with E-state index in [0.29, 0.717) is 31.3 Å². The van der Waals surface area contributed by atoms with Gasteiger partial charge in [0.1, 0.15) is 19.0 Å². The van der Waals surface area contributed by atoms with Crippen molar-refractivity contribution in [2.24, 2.45) is 0 Å². The van der Waals surface area contributed by atoms with E-state index < -0.39 is 0 Å². The van der Waals surface area contributed by atoms with E-state index in [2.05, 4.69) is 0 Å². The first-order valence-electron chi connectivity index (χ1n) is 10.1. The smallest absolute Gasteiger partial charge is 0.320 e. The second-order valence-electron chi connectivity index (χ2n) is 7.06. The van der Waals surface area contributed by atoms with Crippen molar-refractivity contribution < 1.29 is 28.5 Å². The maximum Gasteiger partial charge on any atom is 0.320 e. The molecule has 30 heavy (non-hydrogen) atoms. The molecule has 0 bridgehead atoms. The summed E-state index contributed by atoms with van der Waals surface area (Å²) < 4.78 is 21.7. The van der Waals surface area contributed by atoms with Crippen LogP contribution in [0.15, 0.2) is 24.3 Å². The Morgan fingerprint density at radius 1 is 1.03 bits per heavy atom. The van der Waals surface area contributed by atoms with Crippen molar-refractivity contribution >= 4 is 33.5 Å². The zero-order valence-corrected chi connectivity index (χ0v) is 19.3. The van der Waals surface area contributed by atoms with E-state index in [-0.39, 0.29) is 24.6 Å². The molecule has 0 N–H and O–H groups in total. The number of hydrogen-bond donors (Lipinski definition) is 0. The molecular weight excluding hydrogens is 426 g/mol. The van der Waals surface area contributed by atoms with E-state index in [9.17, 15) is 9.59 Å². The van der Waals surface area contributed by atoms with Crippen LogP contribution in [-0.4, -0.2) is 75.1 Å². The fourth-order valence-corrected chi connectivity index (χ4v) is 4.31.